The SMILES string of the molecule is [CH2]CCCn1cccc1. The van der Waals surface area contributed by atoms with Crippen molar-refractivity contribution in [3.8, 4) is 0 Å². The molecule has 9 heavy (non-hydrogen) atoms. The maximum Gasteiger partial charge on any atom is 0.0219 e. The van der Waals surface area contributed by atoms with E-state index >= 15 is 0 Å². The van der Waals surface area contributed by atoms with Gasteiger partial charge in [0.1, 0.15) is 0 Å². The van der Waals surface area contributed by atoms with E-state index < -0.39 is 0 Å². The number of hydrogen-bond acceptors (Lipinski definition) is 0. The quantitative estimate of drug-likeness (QED) is 0.578. The lowest BCUT2D eigenvalue weighted by Crippen LogP contribution is -1.91. The van der Waals surface area contributed by atoms with Crippen molar-refractivity contribution in [2.75, 3.05) is 0 Å². The van der Waals surface area contributed by atoms with Crippen LogP contribution in [0.2, 0.25) is 0 Å². The molecule has 0 saturated carbocycles. The first-order valence-electron chi connectivity index (χ1n) is 3.33. The predicted octanol–water partition coefficient (Wildman–Crippen LogP) is 2.10. The van der Waals surface area contributed by atoms with Gasteiger partial charge in [-0.3, -0.25) is 0 Å². The first-order valence-corrected chi connectivity index (χ1v) is 3.33. The van der Waals surface area contributed by atoms with Crippen molar-refractivity contribution >= 4 is 0 Å². The number of aryl methyl sites for hydroxylation is 1. The van der Waals surface area contributed by atoms with Crippen LogP contribution in [0.5, 0.6) is 0 Å². The first kappa shape index (κ1) is 6.40. The van der Waals surface area contributed by atoms with E-state index in [0.717, 1.165) is 13.0 Å². The summed E-state index contributed by atoms with van der Waals surface area (Å²) >= 11 is 0. The van der Waals surface area contributed by atoms with Gasteiger partial charge in [0.2, 0.25) is 0 Å². The lowest BCUT2D eigenvalue weighted by molar-refractivity contribution is 0.652. The molecular weight excluding hydrogens is 110 g/mol. The lowest BCUT2D eigenvalue weighted by atomic mass is 10.3. The van der Waals surface area contributed by atoms with Gasteiger partial charge in [-0.05, 0) is 18.6 Å². The normalized spacial score (nSPS) is 9.89. The largest absolute Gasteiger partial charge is 0.354 e. The van der Waals surface area contributed by atoms with Crippen molar-refractivity contribution < 1.29 is 0 Å². The molecule has 0 aliphatic heterocycles. The number of unbranched alkanes of at least 4 members (excludes halogenated alkanes) is 1. The highest BCUT2D eigenvalue weighted by Gasteiger charge is 1.84. The monoisotopic (exact) mass is 122 g/mol. The molecule has 0 spiro atoms. The summed E-state index contributed by atoms with van der Waals surface area (Å²) in [7, 11) is 0. The van der Waals surface area contributed by atoms with Crippen LogP contribution < -0.4 is 0 Å². The molecule has 0 aliphatic carbocycles. The Morgan fingerprint density at radius 2 is 1.89 bits per heavy atom. The van der Waals surface area contributed by atoms with E-state index in [9.17, 15) is 0 Å². The molecule has 0 N–H and O–H groups in total. The van der Waals surface area contributed by atoms with Crippen molar-refractivity contribution in [3.05, 3.63) is 31.5 Å². The van der Waals surface area contributed by atoms with Gasteiger partial charge < -0.3 is 4.57 Å². The van der Waals surface area contributed by atoms with Crippen molar-refractivity contribution in [2.45, 2.75) is 19.4 Å². The number of aromatic nitrogens is 1. The molecule has 0 fully saturated rings. The molecule has 1 radical (unpaired) electrons. The summed E-state index contributed by atoms with van der Waals surface area (Å²) in [5.41, 5.74) is 0. The van der Waals surface area contributed by atoms with Gasteiger partial charge in [0, 0.05) is 18.9 Å². The van der Waals surface area contributed by atoms with Crippen LogP contribution in [0, 0.1) is 6.92 Å². The van der Waals surface area contributed by atoms with Gasteiger partial charge in [-0.25, -0.2) is 0 Å². The second-order valence-corrected chi connectivity index (χ2v) is 2.13. The van der Waals surface area contributed by atoms with Crippen LogP contribution in [-0.2, 0) is 6.54 Å². The summed E-state index contributed by atoms with van der Waals surface area (Å²) in [6.45, 7) is 4.88. The molecular formula is C8H12N. The van der Waals surface area contributed by atoms with Crippen LogP contribution in [0.3, 0.4) is 0 Å². The Kier molecular flexibility index (Phi) is 2.37. The fraction of sp³-hybridized carbons (Fsp3) is 0.375. The zero-order valence-electron chi connectivity index (χ0n) is 5.59. The third-order valence-electron chi connectivity index (χ3n) is 1.33. The van der Waals surface area contributed by atoms with E-state index in [1.54, 1.807) is 0 Å². The second-order valence-electron chi connectivity index (χ2n) is 2.13. The zero-order valence-corrected chi connectivity index (χ0v) is 5.59. The molecule has 0 aliphatic rings. The van der Waals surface area contributed by atoms with Gasteiger partial charge in [0.15, 0.2) is 0 Å². The highest BCUT2D eigenvalue weighted by atomic mass is 14.9. The maximum atomic E-state index is 3.77. The van der Waals surface area contributed by atoms with Crippen LogP contribution in [0.1, 0.15) is 12.8 Å². The summed E-state index contributed by atoms with van der Waals surface area (Å²) in [5.74, 6) is 0. The summed E-state index contributed by atoms with van der Waals surface area (Å²) in [5, 5.41) is 0. The molecule has 1 aromatic heterocycles. The fourth-order valence-electron chi connectivity index (χ4n) is 0.814. The Morgan fingerprint density at radius 1 is 1.22 bits per heavy atom. The van der Waals surface area contributed by atoms with E-state index in [1.807, 2.05) is 12.1 Å². The van der Waals surface area contributed by atoms with Crippen LogP contribution in [0.4, 0.5) is 0 Å². The first-order chi connectivity index (χ1) is 4.43. The minimum absolute atomic E-state index is 1.03. The lowest BCUT2D eigenvalue weighted by Gasteiger charge is -1.97. The molecule has 0 atom stereocenters. The highest BCUT2D eigenvalue weighted by Crippen LogP contribution is 1.94. The molecule has 1 nitrogen and oxygen atoms in total. The molecule has 1 rings (SSSR count). The van der Waals surface area contributed by atoms with Gasteiger partial charge in [0.25, 0.3) is 0 Å². The topological polar surface area (TPSA) is 4.93 Å². The molecule has 0 aromatic carbocycles. The summed E-state index contributed by atoms with van der Waals surface area (Å²) in [6.07, 6.45) is 6.36. The second kappa shape index (κ2) is 3.33. The van der Waals surface area contributed by atoms with Crippen molar-refractivity contribution in [3.63, 3.8) is 0 Å². The molecule has 0 amide bonds. The molecule has 49 valence electrons. The number of rotatable bonds is 3. The molecule has 1 heteroatoms. The number of hydrogen-bond donors (Lipinski definition) is 0. The molecule has 0 unspecified atom stereocenters. The molecule has 0 bridgehead atoms. The van der Waals surface area contributed by atoms with Gasteiger partial charge in [-0.2, -0.15) is 0 Å². The maximum absolute atomic E-state index is 3.77. The van der Waals surface area contributed by atoms with Crippen LogP contribution >= 0.6 is 0 Å². The van der Waals surface area contributed by atoms with E-state index in [0.29, 0.717) is 0 Å². The van der Waals surface area contributed by atoms with Gasteiger partial charge in [-0.15, -0.1) is 0 Å². The minimum atomic E-state index is 1.03. The van der Waals surface area contributed by atoms with Crippen LogP contribution in [-0.4, -0.2) is 4.57 Å². The van der Waals surface area contributed by atoms with E-state index in [-0.39, 0.29) is 0 Å². The van der Waals surface area contributed by atoms with E-state index in [2.05, 4.69) is 23.9 Å². The molecule has 1 heterocycles. The smallest absolute Gasteiger partial charge is 0.0219 e. The standard InChI is InChI=1S/C8H12N/c1-2-3-6-9-7-4-5-8-9/h4-5,7-8H,1-3,6H2. The minimum Gasteiger partial charge on any atom is -0.354 e. The fourth-order valence-corrected chi connectivity index (χ4v) is 0.814. The van der Waals surface area contributed by atoms with Gasteiger partial charge in [0.05, 0.1) is 0 Å². The van der Waals surface area contributed by atoms with Gasteiger partial charge >= 0.3 is 0 Å². The highest BCUT2D eigenvalue weighted by molar-refractivity contribution is 4.89. The Bertz CT molecular complexity index is 142. The van der Waals surface area contributed by atoms with Crippen LogP contribution in [0.15, 0.2) is 24.5 Å². The Morgan fingerprint density at radius 3 is 2.44 bits per heavy atom. The third-order valence-corrected chi connectivity index (χ3v) is 1.33. The third kappa shape index (κ3) is 1.92. The Balaban J connectivity index is 2.30. The predicted molar refractivity (Wildman–Crippen MR) is 39.0 cm³/mol. The van der Waals surface area contributed by atoms with Crippen molar-refractivity contribution in [2.24, 2.45) is 0 Å². The Hall–Kier alpha value is -0.720. The van der Waals surface area contributed by atoms with Crippen LogP contribution in [0.25, 0.3) is 0 Å². The number of nitrogens with zero attached hydrogens (tertiary/aromatic N) is 1. The van der Waals surface area contributed by atoms with E-state index in [1.165, 1.54) is 6.42 Å². The van der Waals surface area contributed by atoms with Crippen molar-refractivity contribution in [1.29, 1.82) is 0 Å². The molecule has 1 aromatic rings. The summed E-state index contributed by atoms with van der Waals surface area (Å²) < 4.78 is 2.17. The average Bonchev–Trinajstić information content (AvgIpc) is 2.34. The zero-order chi connectivity index (χ0) is 6.53. The van der Waals surface area contributed by atoms with Crippen molar-refractivity contribution in [1.82, 2.24) is 4.57 Å². The Labute approximate surface area is 56.3 Å². The molecule has 0 saturated heterocycles. The summed E-state index contributed by atoms with van der Waals surface area (Å²) in [6, 6.07) is 4.09. The van der Waals surface area contributed by atoms with Gasteiger partial charge in [-0.1, -0.05) is 13.3 Å². The van der Waals surface area contributed by atoms with E-state index in [4.69, 9.17) is 0 Å². The summed E-state index contributed by atoms with van der Waals surface area (Å²) in [4.78, 5) is 0. The average molecular weight is 122 g/mol.